The number of rotatable bonds is 5. The predicted molar refractivity (Wildman–Crippen MR) is 84.7 cm³/mol. The number of carbonyl (C=O) groups excluding carboxylic acids is 1. The van der Waals surface area contributed by atoms with Gasteiger partial charge in [0.05, 0.1) is 0 Å². The molecule has 0 atom stereocenters. The van der Waals surface area contributed by atoms with Crippen LogP contribution in [-0.2, 0) is 4.79 Å². The molecule has 1 N–H and O–H groups in total. The molecule has 1 aromatic rings. The smallest absolute Gasteiger partial charge is 0.262 e. The highest BCUT2D eigenvalue weighted by Gasteiger charge is 2.24. The van der Waals surface area contributed by atoms with Crippen LogP contribution in [0.2, 0.25) is 0 Å². The van der Waals surface area contributed by atoms with Gasteiger partial charge in [-0.3, -0.25) is 4.79 Å². The molecule has 0 bridgehead atoms. The van der Waals surface area contributed by atoms with Crippen molar-refractivity contribution in [2.24, 2.45) is 0 Å². The van der Waals surface area contributed by atoms with Crippen LogP contribution >= 0.6 is 0 Å². The summed E-state index contributed by atoms with van der Waals surface area (Å²) in [7, 11) is 3.98. The first-order chi connectivity index (χ1) is 10.1. The highest BCUT2D eigenvalue weighted by molar-refractivity contribution is 5.98. The molecule has 1 aromatic carbocycles. The largest absolute Gasteiger partial charge is 0.378 e. The van der Waals surface area contributed by atoms with Gasteiger partial charge in [-0.1, -0.05) is 24.3 Å². The summed E-state index contributed by atoms with van der Waals surface area (Å²) < 4.78 is 0. The third-order valence-electron chi connectivity index (χ3n) is 3.24. The molecule has 4 nitrogen and oxygen atoms in total. The Morgan fingerprint density at radius 1 is 1.33 bits per heavy atom. The summed E-state index contributed by atoms with van der Waals surface area (Å²) in [6.45, 7) is 0. The summed E-state index contributed by atoms with van der Waals surface area (Å²) in [5.74, 6) is -0.285. The van der Waals surface area contributed by atoms with E-state index in [1.165, 1.54) is 0 Å². The van der Waals surface area contributed by atoms with E-state index in [0.717, 1.165) is 24.1 Å². The first kappa shape index (κ1) is 14.9. The maximum absolute atomic E-state index is 11.7. The van der Waals surface area contributed by atoms with Gasteiger partial charge in [-0.05, 0) is 36.6 Å². The lowest BCUT2D eigenvalue weighted by Crippen LogP contribution is -2.26. The quantitative estimate of drug-likeness (QED) is 0.512. The third kappa shape index (κ3) is 4.50. The van der Waals surface area contributed by atoms with Crippen molar-refractivity contribution in [1.29, 1.82) is 5.26 Å². The van der Waals surface area contributed by atoms with Gasteiger partial charge in [0.25, 0.3) is 5.91 Å². The summed E-state index contributed by atoms with van der Waals surface area (Å²) in [5.41, 5.74) is 2.30. The van der Waals surface area contributed by atoms with Gasteiger partial charge in [-0.25, -0.2) is 0 Å². The van der Waals surface area contributed by atoms with Crippen LogP contribution in [0.25, 0.3) is 6.08 Å². The number of hydrogen-bond donors (Lipinski definition) is 1. The molecule has 1 saturated carbocycles. The number of nitriles is 1. The first-order valence-electron chi connectivity index (χ1n) is 6.97. The number of benzene rings is 1. The first-order valence-corrected chi connectivity index (χ1v) is 6.97. The fourth-order valence-corrected chi connectivity index (χ4v) is 1.79. The minimum absolute atomic E-state index is 0.142. The lowest BCUT2D eigenvalue weighted by atomic mass is 10.1. The average molecular weight is 281 g/mol. The molecule has 0 spiro atoms. The number of nitrogens with one attached hydrogen (secondary N) is 1. The van der Waals surface area contributed by atoms with E-state index in [4.69, 9.17) is 5.26 Å². The zero-order valence-electron chi connectivity index (χ0n) is 12.3. The molecule has 1 fully saturated rings. The fourth-order valence-electron chi connectivity index (χ4n) is 1.79. The van der Waals surface area contributed by atoms with E-state index in [1.54, 1.807) is 12.2 Å². The van der Waals surface area contributed by atoms with E-state index < -0.39 is 0 Å². The second kappa shape index (κ2) is 6.76. The molecule has 2 rings (SSSR count). The Hall–Kier alpha value is -2.54. The zero-order valence-corrected chi connectivity index (χ0v) is 12.3. The molecule has 0 aliphatic heterocycles. The topological polar surface area (TPSA) is 56.1 Å². The number of anilines is 1. The van der Waals surface area contributed by atoms with Crippen LogP contribution < -0.4 is 10.2 Å². The molecular weight excluding hydrogens is 262 g/mol. The van der Waals surface area contributed by atoms with Gasteiger partial charge in [0.1, 0.15) is 11.6 Å². The second-order valence-corrected chi connectivity index (χ2v) is 5.28. The molecule has 21 heavy (non-hydrogen) atoms. The lowest BCUT2D eigenvalue weighted by Gasteiger charge is -2.11. The highest BCUT2D eigenvalue weighted by Crippen LogP contribution is 2.19. The Morgan fingerprint density at radius 3 is 2.52 bits per heavy atom. The van der Waals surface area contributed by atoms with E-state index >= 15 is 0 Å². The summed E-state index contributed by atoms with van der Waals surface area (Å²) >= 11 is 0. The number of amides is 1. The van der Waals surface area contributed by atoms with Crippen LogP contribution in [0.5, 0.6) is 0 Å². The van der Waals surface area contributed by atoms with Crippen molar-refractivity contribution in [3.05, 3.63) is 47.6 Å². The molecule has 0 radical (unpaired) electrons. The van der Waals surface area contributed by atoms with Gasteiger partial charge in [0.2, 0.25) is 0 Å². The van der Waals surface area contributed by atoms with Gasteiger partial charge < -0.3 is 10.2 Å². The van der Waals surface area contributed by atoms with E-state index in [0.29, 0.717) is 0 Å². The highest BCUT2D eigenvalue weighted by atomic mass is 16.1. The van der Waals surface area contributed by atoms with E-state index in [2.05, 4.69) is 5.32 Å². The van der Waals surface area contributed by atoms with Gasteiger partial charge in [0, 0.05) is 25.8 Å². The number of hydrogen-bond acceptors (Lipinski definition) is 3. The Bertz CT molecular complexity index is 602. The summed E-state index contributed by atoms with van der Waals surface area (Å²) in [4.78, 5) is 13.8. The second-order valence-electron chi connectivity index (χ2n) is 5.28. The summed E-state index contributed by atoms with van der Waals surface area (Å²) in [6.07, 6.45) is 7.19. The van der Waals surface area contributed by atoms with Gasteiger partial charge in [-0.15, -0.1) is 0 Å². The Balaban J connectivity index is 1.99. The minimum Gasteiger partial charge on any atom is -0.378 e. The summed E-state index contributed by atoms with van der Waals surface area (Å²) in [5, 5.41) is 11.8. The van der Waals surface area contributed by atoms with E-state index in [1.807, 2.05) is 55.4 Å². The molecule has 108 valence electrons. The number of nitrogens with zero attached hydrogens (tertiary/aromatic N) is 2. The standard InChI is InChI=1S/C17H19N3O/c1-20(2)16-10-6-13(7-11-16)4-3-5-14(12-18)17(21)19-15-8-9-15/h3-7,10-11,15H,8-9H2,1-2H3,(H,19,21)/b4-3+,14-5+. The molecule has 4 heteroatoms. The van der Waals surface area contributed by atoms with E-state index in [9.17, 15) is 4.79 Å². The van der Waals surface area contributed by atoms with Crippen LogP contribution in [0.3, 0.4) is 0 Å². The third-order valence-corrected chi connectivity index (χ3v) is 3.24. The van der Waals surface area contributed by atoms with Gasteiger partial charge >= 0.3 is 0 Å². The minimum atomic E-state index is -0.285. The van der Waals surface area contributed by atoms with Crippen LogP contribution in [0, 0.1) is 11.3 Å². The van der Waals surface area contributed by atoms with Crippen molar-refractivity contribution in [1.82, 2.24) is 5.32 Å². The van der Waals surface area contributed by atoms with E-state index in [-0.39, 0.29) is 17.5 Å². The van der Waals surface area contributed by atoms with Crippen molar-refractivity contribution in [3.63, 3.8) is 0 Å². The maximum atomic E-state index is 11.7. The predicted octanol–water partition coefficient (Wildman–Crippen LogP) is 2.49. The molecular formula is C17H19N3O. The molecule has 0 saturated heterocycles. The molecule has 1 amide bonds. The van der Waals surface area contributed by atoms with Crippen molar-refractivity contribution < 1.29 is 4.79 Å². The molecule has 0 aromatic heterocycles. The summed E-state index contributed by atoms with van der Waals surface area (Å²) in [6, 6.07) is 10.2. The van der Waals surface area contributed by atoms with Crippen LogP contribution in [0.1, 0.15) is 18.4 Å². The van der Waals surface area contributed by atoms with Gasteiger partial charge in [0.15, 0.2) is 0 Å². The number of carbonyl (C=O) groups is 1. The number of allylic oxidation sites excluding steroid dienone is 2. The fraction of sp³-hybridized carbons (Fsp3) is 0.294. The van der Waals surface area contributed by atoms with Crippen molar-refractivity contribution in [3.8, 4) is 6.07 Å². The van der Waals surface area contributed by atoms with Crippen molar-refractivity contribution >= 4 is 17.7 Å². The normalized spacial score (nSPS) is 14.8. The average Bonchev–Trinajstić information content (AvgIpc) is 3.28. The zero-order chi connectivity index (χ0) is 15.2. The van der Waals surface area contributed by atoms with Crippen molar-refractivity contribution in [2.75, 3.05) is 19.0 Å². The Kier molecular flexibility index (Phi) is 4.78. The molecule has 0 heterocycles. The Labute approximate surface area is 125 Å². The van der Waals surface area contributed by atoms with Gasteiger partial charge in [-0.2, -0.15) is 5.26 Å². The maximum Gasteiger partial charge on any atom is 0.262 e. The Morgan fingerprint density at radius 2 is 2.00 bits per heavy atom. The molecule has 0 unspecified atom stereocenters. The lowest BCUT2D eigenvalue weighted by molar-refractivity contribution is -0.117. The van der Waals surface area contributed by atoms with Crippen LogP contribution in [0.15, 0.2) is 42.0 Å². The van der Waals surface area contributed by atoms with Crippen LogP contribution in [0.4, 0.5) is 5.69 Å². The van der Waals surface area contributed by atoms with Crippen molar-refractivity contribution in [2.45, 2.75) is 18.9 Å². The molecule has 1 aliphatic rings. The monoisotopic (exact) mass is 281 g/mol. The van der Waals surface area contributed by atoms with Crippen LogP contribution in [-0.4, -0.2) is 26.0 Å². The molecule has 1 aliphatic carbocycles. The SMILES string of the molecule is CN(C)c1ccc(/C=C/C=C(\C#N)C(=O)NC2CC2)cc1.